The summed E-state index contributed by atoms with van der Waals surface area (Å²) < 4.78 is 2.30. The lowest BCUT2D eigenvalue weighted by Gasteiger charge is -2.07. The molecule has 1 atom stereocenters. The van der Waals surface area contributed by atoms with Gasteiger partial charge in [-0.05, 0) is 38.8 Å². The molecule has 2 rings (SSSR count). The maximum Gasteiger partial charge on any atom is 0.0782 e. The van der Waals surface area contributed by atoms with E-state index in [1.165, 1.54) is 34.9 Å². The number of rotatable bonds is 4. The Balaban J connectivity index is 2.64. The molecule has 0 saturated carbocycles. The number of aliphatic hydroxyl groups is 1. The van der Waals surface area contributed by atoms with Gasteiger partial charge < -0.3 is 9.67 Å². The second kappa shape index (κ2) is 5.15. The number of unbranched alkanes of at least 4 members (excludes halogenated alkanes) is 1. The maximum atomic E-state index is 9.93. The van der Waals surface area contributed by atoms with Crippen molar-refractivity contribution in [3.05, 3.63) is 35.0 Å². The van der Waals surface area contributed by atoms with Crippen LogP contribution in [0.4, 0.5) is 0 Å². The third-order valence-electron chi connectivity index (χ3n) is 3.54. The highest BCUT2D eigenvalue weighted by Crippen LogP contribution is 2.30. The summed E-state index contributed by atoms with van der Waals surface area (Å²) in [5.74, 6) is 0. The lowest BCUT2D eigenvalue weighted by Crippen LogP contribution is -1.97. The van der Waals surface area contributed by atoms with Crippen molar-refractivity contribution in [2.75, 3.05) is 0 Å². The molecule has 1 heterocycles. The number of fused-ring (bicyclic) bond motifs is 1. The van der Waals surface area contributed by atoms with Crippen molar-refractivity contribution in [1.29, 1.82) is 0 Å². The fourth-order valence-corrected chi connectivity index (χ4v) is 2.70. The van der Waals surface area contributed by atoms with Crippen molar-refractivity contribution < 1.29 is 5.11 Å². The van der Waals surface area contributed by atoms with Crippen molar-refractivity contribution in [2.24, 2.45) is 0 Å². The van der Waals surface area contributed by atoms with Gasteiger partial charge in [-0.1, -0.05) is 25.0 Å². The van der Waals surface area contributed by atoms with Crippen LogP contribution < -0.4 is 0 Å². The fourth-order valence-electron chi connectivity index (χ4n) is 2.70. The summed E-state index contributed by atoms with van der Waals surface area (Å²) in [6, 6.07) is 4.41. The quantitative estimate of drug-likeness (QED) is 0.861. The SMILES string of the molecule is CCCCn1cc(C(C)O)c2cc(C)cc(C)c21. The van der Waals surface area contributed by atoms with Crippen molar-refractivity contribution >= 4 is 10.9 Å². The van der Waals surface area contributed by atoms with Crippen molar-refractivity contribution in [3.8, 4) is 0 Å². The van der Waals surface area contributed by atoms with E-state index < -0.39 is 6.10 Å². The zero-order valence-corrected chi connectivity index (χ0v) is 11.8. The van der Waals surface area contributed by atoms with Crippen molar-refractivity contribution in [1.82, 2.24) is 4.57 Å². The molecule has 0 bridgehead atoms. The van der Waals surface area contributed by atoms with Crippen LogP contribution in [0, 0.1) is 13.8 Å². The minimum absolute atomic E-state index is 0.406. The molecular formula is C16H23NO. The molecule has 0 saturated heterocycles. The number of aryl methyl sites for hydroxylation is 3. The molecule has 1 aromatic carbocycles. The van der Waals surface area contributed by atoms with E-state index in [4.69, 9.17) is 0 Å². The van der Waals surface area contributed by atoms with E-state index in [0.29, 0.717) is 0 Å². The number of benzene rings is 1. The van der Waals surface area contributed by atoms with Crippen LogP contribution in [0.1, 0.15) is 49.5 Å². The van der Waals surface area contributed by atoms with Gasteiger partial charge in [-0.15, -0.1) is 0 Å². The van der Waals surface area contributed by atoms with E-state index in [1.54, 1.807) is 0 Å². The molecule has 0 fully saturated rings. The van der Waals surface area contributed by atoms with E-state index in [9.17, 15) is 5.11 Å². The maximum absolute atomic E-state index is 9.93. The third kappa shape index (κ3) is 2.30. The predicted octanol–water partition coefficient (Wildman–Crippen LogP) is 4.11. The average Bonchev–Trinajstić information content (AvgIpc) is 2.65. The molecule has 0 aliphatic heterocycles. The highest BCUT2D eigenvalue weighted by molar-refractivity contribution is 5.87. The van der Waals surface area contributed by atoms with Gasteiger partial charge in [0.25, 0.3) is 0 Å². The number of aliphatic hydroxyl groups excluding tert-OH is 1. The molecule has 0 spiro atoms. The second-order valence-corrected chi connectivity index (χ2v) is 5.29. The Kier molecular flexibility index (Phi) is 3.76. The van der Waals surface area contributed by atoms with Gasteiger partial charge in [-0.25, -0.2) is 0 Å². The van der Waals surface area contributed by atoms with Crippen LogP contribution in [0.25, 0.3) is 10.9 Å². The first-order valence-electron chi connectivity index (χ1n) is 6.82. The van der Waals surface area contributed by atoms with Gasteiger partial charge in [0.2, 0.25) is 0 Å². The molecule has 18 heavy (non-hydrogen) atoms. The molecule has 98 valence electrons. The van der Waals surface area contributed by atoms with Crippen LogP contribution in [0.5, 0.6) is 0 Å². The van der Waals surface area contributed by atoms with Gasteiger partial charge in [0.1, 0.15) is 0 Å². The largest absolute Gasteiger partial charge is 0.389 e. The molecule has 0 aliphatic carbocycles. The first-order chi connectivity index (χ1) is 8.54. The van der Waals surface area contributed by atoms with Crippen LogP contribution in [0.3, 0.4) is 0 Å². The zero-order chi connectivity index (χ0) is 13.3. The molecule has 1 unspecified atom stereocenters. The molecule has 1 N–H and O–H groups in total. The van der Waals surface area contributed by atoms with Crippen molar-refractivity contribution in [3.63, 3.8) is 0 Å². The molecule has 2 nitrogen and oxygen atoms in total. The summed E-state index contributed by atoms with van der Waals surface area (Å²) in [6.45, 7) is 9.35. The summed E-state index contributed by atoms with van der Waals surface area (Å²) in [7, 11) is 0. The van der Waals surface area contributed by atoms with Gasteiger partial charge in [0, 0.05) is 23.7 Å². The lowest BCUT2D eigenvalue weighted by atomic mass is 10.0. The van der Waals surface area contributed by atoms with Gasteiger partial charge in [-0.3, -0.25) is 0 Å². The van der Waals surface area contributed by atoms with E-state index in [-0.39, 0.29) is 0 Å². The Labute approximate surface area is 109 Å². The summed E-state index contributed by atoms with van der Waals surface area (Å²) in [5.41, 5.74) is 4.89. The van der Waals surface area contributed by atoms with Crippen LogP contribution >= 0.6 is 0 Å². The molecule has 0 radical (unpaired) electrons. The monoisotopic (exact) mass is 245 g/mol. The molecule has 1 aromatic heterocycles. The van der Waals surface area contributed by atoms with E-state index in [1.807, 2.05) is 6.92 Å². The highest BCUT2D eigenvalue weighted by atomic mass is 16.3. The van der Waals surface area contributed by atoms with Gasteiger partial charge in [0.05, 0.1) is 11.6 Å². The average molecular weight is 245 g/mol. The predicted molar refractivity (Wildman–Crippen MR) is 77.0 cm³/mol. The Morgan fingerprint density at radius 3 is 2.61 bits per heavy atom. The molecule has 0 amide bonds. The lowest BCUT2D eigenvalue weighted by molar-refractivity contribution is 0.200. The Hall–Kier alpha value is -1.28. The fraction of sp³-hybridized carbons (Fsp3) is 0.500. The summed E-state index contributed by atoms with van der Waals surface area (Å²) in [5, 5.41) is 11.1. The Morgan fingerprint density at radius 1 is 1.28 bits per heavy atom. The normalized spacial score (nSPS) is 13.2. The van der Waals surface area contributed by atoms with Gasteiger partial charge >= 0.3 is 0 Å². The Bertz CT molecular complexity index is 552. The standard InChI is InChI=1S/C16H23NO/c1-5-6-7-17-10-15(13(4)18)14-9-11(2)8-12(3)16(14)17/h8-10,13,18H,5-7H2,1-4H3. The van der Waals surface area contributed by atoms with E-state index >= 15 is 0 Å². The topological polar surface area (TPSA) is 25.2 Å². The van der Waals surface area contributed by atoms with Gasteiger partial charge in [-0.2, -0.15) is 0 Å². The number of hydrogen-bond donors (Lipinski definition) is 1. The molecule has 2 heteroatoms. The van der Waals surface area contributed by atoms with Crippen LogP contribution in [0.15, 0.2) is 18.3 Å². The molecule has 0 aliphatic rings. The third-order valence-corrected chi connectivity index (χ3v) is 3.54. The van der Waals surface area contributed by atoms with Gasteiger partial charge in [0.15, 0.2) is 0 Å². The van der Waals surface area contributed by atoms with Crippen LogP contribution in [-0.2, 0) is 6.54 Å². The van der Waals surface area contributed by atoms with Crippen LogP contribution in [0.2, 0.25) is 0 Å². The minimum Gasteiger partial charge on any atom is -0.389 e. The molecule has 2 aromatic rings. The van der Waals surface area contributed by atoms with Crippen molar-refractivity contribution in [2.45, 2.75) is 53.2 Å². The number of nitrogens with zero attached hydrogens (tertiary/aromatic N) is 1. The Morgan fingerprint density at radius 2 is 2.00 bits per heavy atom. The van der Waals surface area contributed by atoms with E-state index in [0.717, 1.165) is 12.1 Å². The second-order valence-electron chi connectivity index (χ2n) is 5.29. The van der Waals surface area contributed by atoms with E-state index in [2.05, 4.69) is 43.7 Å². The zero-order valence-electron chi connectivity index (χ0n) is 11.8. The highest BCUT2D eigenvalue weighted by Gasteiger charge is 2.14. The van der Waals surface area contributed by atoms with Crippen LogP contribution in [-0.4, -0.2) is 9.67 Å². The molecular weight excluding hydrogens is 222 g/mol. The summed E-state index contributed by atoms with van der Waals surface area (Å²) in [6.07, 6.45) is 4.08. The minimum atomic E-state index is -0.406. The first-order valence-corrected chi connectivity index (χ1v) is 6.82. The number of aromatic nitrogens is 1. The summed E-state index contributed by atoms with van der Waals surface area (Å²) in [4.78, 5) is 0. The number of hydrogen-bond acceptors (Lipinski definition) is 1. The smallest absolute Gasteiger partial charge is 0.0782 e. The summed E-state index contributed by atoms with van der Waals surface area (Å²) >= 11 is 0. The first kappa shape index (κ1) is 13.2.